The Balaban J connectivity index is 2.67. The standard InChI is InChI=1S/C16H24O4/c1-10(13(4)17)8-6-7-9-14-11(2)15(18)12(3)16(19-5)20-14/h10H,6-9H2,1-5H3. The predicted octanol–water partition coefficient (Wildman–Crippen LogP) is 3.20. The van der Waals surface area contributed by atoms with Gasteiger partial charge >= 0.3 is 0 Å². The Morgan fingerprint density at radius 3 is 2.45 bits per heavy atom. The number of hydrogen-bond acceptors (Lipinski definition) is 4. The molecular weight excluding hydrogens is 256 g/mol. The van der Waals surface area contributed by atoms with Crippen molar-refractivity contribution in [2.24, 2.45) is 5.92 Å². The Kier molecular flexibility index (Phi) is 5.99. The molecule has 0 saturated heterocycles. The number of hydrogen-bond donors (Lipinski definition) is 0. The fourth-order valence-corrected chi connectivity index (χ4v) is 2.14. The molecule has 0 aliphatic carbocycles. The Labute approximate surface area is 120 Å². The molecule has 1 atom stereocenters. The van der Waals surface area contributed by atoms with Gasteiger partial charge < -0.3 is 9.15 Å². The SMILES string of the molecule is COc1oc(CCCCC(C)C(C)=O)c(C)c(=O)c1C. The van der Waals surface area contributed by atoms with Crippen molar-refractivity contribution in [1.29, 1.82) is 0 Å². The molecule has 1 rings (SSSR count). The van der Waals surface area contributed by atoms with Gasteiger partial charge in [0.05, 0.1) is 12.7 Å². The summed E-state index contributed by atoms with van der Waals surface area (Å²) < 4.78 is 10.7. The first-order valence-corrected chi connectivity index (χ1v) is 7.06. The number of carbonyl (C=O) groups excluding carboxylic acids is 1. The molecule has 112 valence electrons. The van der Waals surface area contributed by atoms with E-state index in [9.17, 15) is 9.59 Å². The number of ether oxygens (including phenoxy) is 1. The number of Topliss-reactive ketones (excluding diaryl/α,β-unsaturated/α-hetero) is 1. The van der Waals surface area contributed by atoms with E-state index in [4.69, 9.17) is 9.15 Å². The van der Waals surface area contributed by atoms with Crippen LogP contribution in [0.25, 0.3) is 0 Å². The van der Waals surface area contributed by atoms with Gasteiger partial charge in [0.15, 0.2) is 5.43 Å². The monoisotopic (exact) mass is 280 g/mol. The lowest BCUT2D eigenvalue weighted by atomic mass is 9.99. The van der Waals surface area contributed by atoms with Crippen molar-refractivity contribution in [2.75, 3.05) is 7.11 Å². The van der Waals surface area contributed by atoms with Gasteiger partial charge in [-0.2, -0.15) is 0 Å². The highest BCUT2D eigenvalue weighted by atomic mass is 16.6. The van der Waals surface area contributed by atoms with Crippen molar-refractivity contribution in [1.82, 2.24) is 0 Å². The van der Waals surface area contributed by atoms with E-state index in [1.165, 1.54) is 7.11 Å². The van der Waals surface area contributed by atoms with Gasteiger partial charge in [0.1, 0.15) is 11.5 Å². The first-order valence-electron chi connectivity index (χ1n) is 7.06. The number of ketones is 1. The maximum absolute atomic E-state index is 12.0. The van der Waals surface area contributed by atoms with Crippen LogP contribution in [0, 0.1) is 19.8 Å². The molecule has 4 nitrogen and oxygen atoms in total. The Morgan fingerprint density at radius 2 is 1.90 bits per heavy atom. The molecule has 1 aromatic heterocycles. The van der Waals surface area contributed by atoms with Gasteiger partial charge in [-0.3, -0.25) is 9.59 Å². The second kappa shape index (κ2) is 7.27. The molecule has 1 heterocycles. The van der Waals surface area contributed by atoms with Crippen LogP contribution < -0.4 is 10.2 Å². The molecule has 0 bridgehead atoms. The Morgan fingerprint density at radius 1 is 1.25 bits per heavy atom. The number of carbonyl (C=O) groups is 1. The van der Waals surface area contributed by atoms with Gasteiger partial charge in [0.2, 0.25) is 0 Å². The molecule has 0 aliphatic rings. The van der Waals surface area contributed by atoms with Crippen LogP contribution in [0.4, 0.5) is 0 Å². The average molecular weight is 280 g/mol. The van der Waals surface area contributed by atoms with Crippen molar-refractivity contribution in [3.05, 3.63) is 27.1 Å². The van der Waals surface area contributed by atoms with Crippen LogP contribution in [0.15, 0.2) is 9.21 Å². The predicted molar refractivity (Wildman–Crippen MR) is 78.4 cm³/mol. The summed E-state index contributed by atoms with van der Waals surface area (Å²) in [6.07, 6.45) is 3.41. The second-order valence-electron chi connectivity index (χ2n) is 5.35. The third kappa shape index (κ3) is 3.95. The lowest BCUT2D eigenvalue weighted by Gasteiger charge is -2.10. The average Bonchev–Trinajstić information content (AvgIpc) is 2.42. The number of methoxy groups -OCH3 is 1. The summed E-state index contributed by atoms with van der Waals surface area (Å²) >= 11 is 0. The Bertz CT molecular complexity index is 528. The summed E-state index contributed by atoms with van der Waals surface area (Å²) in [6.45, 7) is 7.06. The minimum absolute atomic E-state index is 0.0137. The minimum atomic E-state index is -0.0137. The molecule has 0 spiro atoms. The molecule has 0 fully saturated rings. The van der Waals surface area contributed by atoms with E-state index in [2.05, 4.69) is 0 Å². The topological polar surface area (TPSA) is 56.5 Å². The zero-order valence-electron chi connectivity index (χ0n) is 13.0. The number of rotatable bonds is 7. The summed E-state index contributed by atoms with van der Waals surface area (Å²) in [7, 11) is 1.50. The van der Waals surface area contributed by atoms with Crippen LogP contribution >= 0.6 is 0 Å². The highest BCUT2D eigenvalue weighted by Crippen LogP contribution is 2.20. The maximum atomic E-state index is 12.0. The summed E-state index contributed by atoms with van der Waals surface area (Å²) in [4.78, 5) is 23.2. The molecule has 0 radical (unpaired) electrons. The van der Waals surface area contributed by atoms with Crippen molar-refractivity contribution in [2.45, 2.75) is 53.4 Å². The molecule has 0 saturated carbocycles. The minimum Gasteiger partial charge on any atom is -0.468 e. The number of unbranched alkanes of at least 4 members (excludes halogenated alkanes) is 1. The smallest absolute Gasteiger partial charge is 0.291 e. The zero-order valence-corrected chi connectivity index (χ0v) is 13.0. The normalized spacial score (nSPS) is 12.2. The van der Waals surface area contributed by atoms with Crippen LogP contribution in [0.5, 0.6) is 5.95 Å². The van der Waals surface area contributed by atoms with Crippen LogP contribution in [0.2, 0.25) is 0 Å². The van der Waals surface area contributed by atoms with Gasteiger partial charge in [-0.15, -0.1) is 0 Å². The largest absolute Gasteiger partial charge is 0.468 e. The van der Waals surface area contributed by atoms with E-state index >= 15 is 0 Å². The van der Waals surface area contributed by atoms with Crippen molar-refractivity contribution >= 4 is 5.78 Å². The van der Waals surface area contributed by atoms with Crippen molar-refractivity contribution in [3.63, 3.8) is 0 Å². The lowest BCUT2D eigenvalue weighted by molar-refractivity contribution is -0.120. The fourth-order valence-electron chi connectivity index (χ4n) is 2.14. The van der Waals surface area contributed by atoms with E-state index in [-0.39, 0.29) is 17.1 Å². The van der Waals surface area contributed by atoms with E-state index < -0.39 is 0 Å². The van der Waals surface area contributed by atoms with Crippen LogP contribution in [-0.2, 0) is 11.2 Å². The third-order valence-electron chi connectivity index (χ3n) is 3.79. The molecule has 20 heavy (non-hydrogen) atoms. The number of aryl methyl sites for hydroxylation is 1. The zero-order chi connectivity index (χ0) is 15.3. The van der Waals surface area contributed by atoms with Crippen LogP contribution in [0.1, 0.15) is 50.0 Å². The first-order chi connectivity index (χ1) is 9.38. The first kappa shape index (κ1) is 16.5. The summed E-state index contributed by atoms with van der Waals surface area (Å²) in [6, 6.07) is 0. The molecule has 0 aliphatic heterocycles. The molecular formula is C16H24O4. The van der Waals surface area contributed by atoms with Crippen molar-refractivity contribution < 1.29 is 13.9 Å². The second-order valence-corrected chi connectivity index (χ2v) is 5.35. The summed E-state index contributed by atoms with van der Waals surface area (Å²) in [5.41, 5.74) is 1.15. The van der Waals surface area contributed by atoms with Gasteiger partial charge in [-0.25, -0.2) is 0 Å². The van der Waals surface area contributed by atoms with Gasteiger partial charge in [0, 0.05) is 17.9 Å². The van der Waals surface area contributed by atoms with Gasteiger partial charge in [-0.1, -0.05) is 13.3 Å². The van der Waals surface area contributed by atoms with Crippen molar-refractivity contribution in [3.8, 4) is 5.95 Å². The molecule has 1 aromatic rings. The summed E-state index contributed by atoms with van der Waals surface area (Å²) in [5, 5.41) is 0. The van der Waals surface area contributed by atoms with E-state index in [0.29, 0.717) is 29.3 Å². The highest BCUT2D eigenvalue weighted by molar-refractivity contribution is 5.77. The lowest BCUT2D eigenvalue weighted by Crippen LogP contribution is -2.13. The van der Waals surface area contributed by atoms with Crippen LogP contribution in [-0.4, -0.2) is 12.9 Å². The molecule has 4 heteroatoms. The van der Waals surface area contributed by atoms with E-state index in [0.717, 1.165) is 19.3 Å². The molecule has 0 amide bonds. The van der Waals surface area contributed by atoms with Crippen LogP contribution in [0.3, 0.4) is 0 Å². The van der Waals surface area contributed by atoms with Gasteiger partial charge in [-0.05, 0) is 33.6 Å². The molecule has 0 aromatic carbocycles. The molecule has 1 unspecified atom stereocenters. The molecule has 0 N–H and O–H groups in total. The highest BCUT2D eigenvalue weighted by Gasteiger charge is 2.14. The third-order valence-corrected chi connectivity index (χ3v) is 3.79. The van der Waals surface area contributed by atoms with E-state index in [1.807, 2.05) is 6.92 Å². The fraction of sp³-hybridized carbons (Fsp3) is 0.625. The van der Waals surface area contributed by atoms with E-state index in [1.54, 1.807) is 20.8 Å². The summed E-state index contributed by atoms with van der Waals surface area (Å²) in [5.74, 6) is 1.32. The quantitative estimate of drug-likeness (QED) is 0.720. The Hall–Kier alpha value is -1.58. The maximum Gasteiger partial charge on any atom is 0.291 e. The van der Waals surface area contributed by atoms with Gasteiger partial charge in [0.25, 0.3) is 5.95 Å².